The number of hydrogen-bond acceptors (Lipinski definition) is 4. The predicted octanol–water partition coefficient (Wildman–Crippen LogP) is 1.02. The molecule has 0 aliphatic carbocycles. The minimum atomic E-state index is -1.17. The van der Waals surface area contributed by atoms with Gasteiger partial charge in [0.25, 0.3) is 5.91 Å². The van der Waals surface area contributed by atoms with Crippen LogP contribution in [0.25, 0.3) is 5.65 Å². The average molecular weight is 291 g/mol. The lowest BCUT2D eigenvalue weighted by Crippen LogP contribution is -2.54. The van der Waals surface area contributed by atoms with Crippen LogP contribution in [0, 0.1) is 0 Å². The van der Waals surface area contributed by atoms with E-state index in [0.717, 1.165) is 5.75 Å². The quantitative estimate of drug-likeness (QED) is 0.882. The summed E-state index contributed by atoms with van der Waals surface area (Å²) in [5.74, 6) is -0.308. The fraction of sp³-hybridized carbons (Fsp3) is 0.308. The van der Waals surface area contributed by atoms with Gasteiger partial charge in [0.1, 0.15) is 16.9 Å². The third-order valence-corrected chi connectivity index (χ3v) is 4.57. The van der Waals surface area contributed by atoms with Crippen molar-refractivity contribution in [3.63, 3.8) is 0 Å². The number of nitrogens with one attached hydrogen (secondary N) is 1. The SMILES string of the molecule is O=C(NC1(C(=O)O)CCSC1)c1cn2ccccc2n1. The molecule has 20 heavy (non-hydrogen) atoms. The molecule has 1 aliphatic heterocycles. The molecule has 0 saturated carbocycles. The van der Waals surface area contributed by atoms with Gasteiger partial charge >= 0.3 is 5.97 Å². The molecule has 6 nitrogen and oxygen atoms in total. The summed E-state index contributed by atoms with van der Waals surface area (Å²) in [6, 6.07) is 5.45. The molecule has 1 amide bonds. The van der Waals surface area contributed by atoms with Gasteiger partial charge in [-0.2, -0.15) is 11.8 Å². The number of fused-ring (bicyclic) bond motifs is 1. The van der Waals surface area contributed by atoms with Crippen molar-refractivity contribution >= 4 is 29.3 Å². The Bertz CT molecular complexity index is 643. The molecule has 3 heterocycles. The van der Waals surface area contributed by atoms with Crippen LogP contribution in [0.2, 0.25) is 0 Å². The number of carbonyl (C=O) groups is 2. The van der Waals surface area contributed by atoms with E-state index in [1.165, 1.54) is 11.8 Å². The van der Waals surface area contributed by atoms with Gasteiger partial charge < -0.3 is 14.8 Å². The molecule has 1 atom stereocenters. The van der Waals surface area contributed by atoms with Gasteiger partial charge in [-0.3, -0.25) is 4.79 Å². The normalized spacial score (nSPS) is 22.0. The van der Waals surface area contributed by atoms with Crippen molar-refractivity contribution in [2.24, 2.45) is 0 Å². The predicted molar refractivity (Wildman–Crippen MR) is 75.0 cm³/mol. The molecule has 1 saturated heterocycles. The van der Waals surface area contributed by atoms with Gasteiger partial charge in [0.2, 0.25) is 0 Å². The first-order valence-corrected chi connectivity index (χ1v) is 7.34. The zero-order valence-electron chi connectivity index (χ0n) is 10.6. The Kier molecular flexibility index (Phi) is 3.13. The first-order valence-electron chi connectivity index (χ1n) is 6.18. The van der Waals surface area contributed by atoms with Crippen LogP contribution in [-0.4, -0.2) is 43.4 Å². The van der Waals surface area contributed by atoms with E-state index in [0.29, 0.717) is 17.8 Å². The molecule has 0 radical (unpaired) electrons. The summed E-state index contributed by atoms with van der Waals surface area (Å²) >= 11 is 1.53. The largest absolute Gasteiger partial charge is 0.479 e. The third kappa shape index (κ3) is 2.14. The van der Waals surface area contributed by atoms with E-state index in [-0.39, 0.29) is 5.69 Å². The molecule has 1 unspecified atom stereocenters. The maximum absolute atomic E-state index is 12.2. The van der Waals surface area contributed by atoms with Crippen LogP contribution >= 0.6 is 11.8 Å². The van der Waals surface area contributed by atoms with Crippen LogP contribution in [0.3, 0.4) is 0 Å². The van der Waals surface area contributed by atoms with Gasteiger partial charge in [-0.05, 0) is 24.3 Å². The van der Waals surface area contributed by atoms with Crippen molar-refractivity contribution < 1.29 is 14.7 Å². The smallest absolute Gasteiger partial charge is 0.330 e. The molecule has 0 bridgehead atoms. The van der Waals surface area contributed by atoms with Crippen molar-refractivity contribution in [2.75, 3.05) is 11.5 Å². The highest BCUT2D eigenvalue weighted by Crippen LogP contribution is 2.28. The third-order valence-electron chi connectivity index (χ3n) is 3.38. The van der Waals surface area contributed by atoms with Crippen LogP contribution in [0.15, 0.2) is 30.6 Å². The van der Waals surface area contributed by atoms with Gasteiger partial charge in [-0.25, -0.2) is 9.78 Å². The molecule has 1 aliphatic rings. The van der Waals surface area contributed by atoms with E-state index in [1.807, 2.05) is 12.1 Å². The minimum Gasteiger partial charge on any atom is -0.479 e. The number of imidazole rings is 1. The maximum Gasteiger partial charge on any atom is 0.330 e. The maximum atomic E-state index is 12.2. The summed E-state index contributed by atoms with van der Waals surface area (Å²) in [6.07, 6.45) is 3.83. The molecular formula is C13H13N3O3S. The number of pyridine rings is 1. The lowest BCUT2D eigenvalue weighted by Gasteiger charge is -2.23. The first-order chi connectivity index (χ1) is 9.61. The summed E-state index contributed by atoms with van der Waals surface area (Å²) in [4.78, 5) is 27.8. The average Bonchev–Trinajstić information content (AvgIpc) is 3.05. The molecule has 2 aromatic heterocycles. The van der Waals surface area contributed by atoms with Crippen molar-refractivity contribution in [3.8, 4) is 0 Å². The zero-order valence-corrected chi connectivity index (χ0v) is 11.4. The van der Waals surface area contributed by atoms with Gasteiger partial charge in [0, 0.05) is 18.1 Å². The molecule has 0 aromatic carbocycles. The summed E-state index contributed by atoms with van der Waals surface area (Å²) in [7, 11) is 0. The minimum absolute atomic E-state index is 0.230. The Labute approximate surface area is 119 Å². The van der Waals surface area contributed by atoms with Crippen LogP contribution < -0.4 is 5.32 Å². The van der Waals surface area contributed by atoms with E-state index in [2.05, 4.69) is 10.3 Å². The van der Waals surface area contributed by atoms with E-state index in [1.54, 1.807) is 22.9 Å². The van der Waals surface area contributed by atoms with Crippen LogP contribution in [-0.2, 0) is 4.79 Å². The Morgan fingerprint density at radius 2 is 2.30 bits per heavy atom. The van der Waals surface area contributed by atoms with Crippen molar-refractivity contribution in [1.29, 1.82) is 0 Å². The molecule has 2 N–H and O–H groups in total. The number of thioether (sulfide) groups is 1. The second-order valence-electron chi connectivity index (χ2n) is 4.74. The number of carbonyl (C=O) groups excluding carboxylic acids is 1. The summed E-state index contributed by atoms with van der Waals surface area (Å²) in [5.41, 5.74) is -0.283. The second kappa shape index (κ2) is 4.82. The Balaban J connectivity index is 1.87. The Morgan fingerprint density at radius 3 is 2.95 bits per heavy atom. The highest BCUT2D eigenvalue weighted by Gasteiger charge is 2.43. The van der Waals surface area contributed by atoms with Crippen LogP contribution in [0.5, 0.6) is 0 Å². The Morgan fingerprint density at radius 1 is 1.45 bits per heavy atom. The highest BCUT2D eigenvalue weighted by molar-refractivity contribution is 7.99. The fourth-order valence-electron chi connectivity index (χ4n) is 2.21. The molecule has 3 rings (SSSR count). The number of carboxylic acid groups (broad SMARTS) is 1. The molecule has 104 valence electrons. The van der Waals surface area contributed by atoms with E-state index >= 15 is 0 Å². The monoisotopic (exact) mass is 291 g/mol. The standard InChI is InChI=1S/C13H13N3O3S/c17-11(15-13(12(18)19)4-6-20-8-13)9-7-16-5-2-1-3-10(16)14-9/h1-3,5,7H,4,6,8H2,(H,15,17)(H,18,19). The van der Waals surface area contributed by atoms with Gasteiger partial charge in [-0.15, -0.1) is 0 Å². The number of rotatable bonds is 3. The lowest BCUT2D eigenvalue weighted by atomic mass is 9.99. The zero-order chi connectivity index (χ0) is 14.2. The number of nitrogens with zero attached hydrogens (tertiary/aromatic N) is 2. The van der Waals surface area contributed by atoms with Crippen molar-refractivity contribution in [1.82, 2.24) is 14.7 Å². The van der Waals surface area contributed by atoms with Crippen LogP contribution in [0.4, 0.5) is 0 Å². The van der Waals surface area contributed by atoms with E-state index in [4.69, 9.17) is 0 Å². The van der Waals surface area contributed by atoms with E-state index < -0.39 is 17.4 Å². The number of hydrogen-bond donors (Lipinski definition) is 2. The summed E-state index contributed by atoms with van der Waals surface area (Å²) in [6.45, 7) is 0. The molecule has 7 heteroatoms. The number of carboxylic acids is 1. The molecule has 0 spiro atoms. The topological polar surface area (TPSA) is 83.7 Å². The van der Waals surface area contributed by atoms with Crippen molar-refractivity contribution in [3.05, 3.63) is 36.3 Å². The lowest BCUT2D eigenvalue weighted by molar-refractivity contribution is -0.143. The molecular weight excluding hydrogens is 278 g/mol. The highest BCUT2D eigenvalue weighted by atomic mass is 32.2. The molecule has 1 fully saturated rings. The van der Waals surface area contributed by atoms with Crippen molar-refractivity contribution in [2.45, 2.75) is 12.0 Å². The van der Waals surface area contributed by atoms with Crippen LogP contribution in [0.1, 0.15) is 16.9 Å². The van der Waals surface area contributed by atoms with Gasteiger partial charge in [0.15, 0.2) is 0 Å². The van der Waals surface area contributed by atoms with E-state index in [9.17, 15) is 14.7 Å². The fourth-order valence-corrected chi connectivity index (χ4v) is 3.54. The van der Waals surface area contributed by atoms with Gasteiger partial charge in [-0.1, -0.05) is 6.07 Å². The Hall–Kier alpha value is -2.02. The first kappa shape index (κ1) is 13.0. The number of amides is 1. The number of aromatic nitrogens is 2. The second-order valence-corrected chi connectivity index (χ2v) is 5.84. The summed E-state index contributed by atoms with van der Waals surface area (Å²) in [5, 5.41) is 12.0. The number of aliphatic carboxylic acids is 1. The summed E-state index contributed by atoms with van der Waals surface area (Å²) < 4.78 is 1.73. The molecule has 2 aromatic rings. The van der Waals surface area contributed by atoms with Gasteiger partial charge in [0.05, 0.1) is 0 Å².